The largest absolute Gasteiger partial charge is 0.506 e. The number of nitrogens with one attached hydrogen (secondary N) is 1. The van der Waals surface area contributed by atoms with E-state index in [0.29, 0.717) is 11.3 Å². The molecule has 0 saturated heterocycles. The van der Waals surface area contributed by atoms with E-state index in [0.717, 1.165) is 5.56 Å². The molecule has 6 nitrogen and oxygen atoms in total. The van der Waals surface area contributed by atoms with Gasteiger partial charge in [-0.05, 0) is 36.3 Å². The zero-order valence-corrected chi connectivity index (χ0v) is 11.8. The van der Waals surface area contributed by atoms with Crippen molar-refractivity contribution in [2.45, 2.75) is 6.92 Å². The highest BCUT2D eigenvalue weighted by atomic mass is 16.6. The number of carbonyl (C=O) groups is 1. The van der Waals surface area contributed by atoms with Gasteiger partial charge in [0, 0.05) is 18.2 Å². The number of hydrogen-bond donors (Lipinski definition) is 2. The summed E-state index contributed by atoms with van der Waals surface area (Å²) in [6.45, 7) is 1.83. The van der Waals surface area contributed by atoms with Crippen molar-refractivity contribution in [3.05, 3.63) is 69.8 Å². The van der Waals surface area contributed by atoms with Gasteiger partial charge >= 0.3 is 0 Å². The van der Waals surface area contributed by atoms with Crippen molar-refractivity contribution in [3.8, 4) is 5.75 Å². The van der Waals surface area contributed by atoms with Crippen LogP contribution in [0.3, 0.4) is 0 Å². The smallest absolute Gasteiger partial charge is 0.270 e. The molecule has 0 aliphatic heterocycles. The number of nitrogens with zero attached hydrogens (tertiary/aromatic N) is 1. The summed E-state index contributed by atoms with van der Waals surface area (Å²) in [6, 6.07) is 10.8. The fourth-order valence-electron chi connectivity index (χ4n) is 1.84. The van der Waals surface area contributed by atoms with Gasteiger partial charge in [0.1, 0.15) is 5.75 Å². The van der Waals surface area contributed by atoms with Crippen LogP contribution >= 0.6 is 0 Å². The number of nitro benzene ring substituents is 1. The van der Waals surface area contributed by atoms with Crippen molar-refractivity contribution in [3.63, 3.8) is 0 Å². The summed E-state index contributed by atoms with van der Waals surface area (Å²) in [5.74, 6) is -0.456. The van der Waals surface area contributed by atoms with Gasteiger partial charge in [-0.3, -0.25) is 14.9 Å². The van der Waals surface area contributed by atoms with E-state index >= 15 is 0 Å². The molecule has 0 aliphatic rings. The van der Waals surface area contributed by atoms with E-state index in [1.165, 1.54) is 24.3 Å². The number of carbonyl (C=O) groups excluding carboxylic acids is 1. The Morgan fingerprint density at radius 2 is 2.05 bits per heavy atom. The molecule has 0 unspecified atom stereocenters. The maximum atomic E-state index is 11.8. The first-order chi connectivity index (χ1) is 10.5. The number of hydrogen-bond acceptors (Lipinski definition) is 4. The summed E-state index contributed by atoms with van der Waals surface area (Å²) < 4.78 is 0. The van der Waals surface area contributed by atoms with Gasteiger partial charge in [0.05, 0.1) is 10.6 Å². The molecular weight excluding hydrogens is 284 g/mol. The van der Waals surface area contributed by atoms with E-state index in [-0.39, 0.29) is 11.4 Å². The molecule has 0 saturated carbocycles. The Hall–Kier alpha value is -3.15. The molecule has 0 spiro atoms. The lowest BCUT2D eigenvalue weighted by atomic mass is 10.2. The van der Waals surface area contributed by atoms with Crippen molar-refractivity contribution in [2.75, 3.05) is 5.32 Å². The molecule has 0 fully saturated rings. The highest BCUT2D eigenvalue weighted by molar-refractivity contribution is 6.02. The molecule has 0 aliphatic carbocycles. The summed E-state index contributed by atoms with van der Waals surface area (Å²) in [6.07, 6.45) is 2.71. The molecular formula is C16H14N2O4. The number of benzene rings is 2. The second-order valence-corrected chi connectivity index (χ2v) is 4.70. The number of non-ortho nitro benzene ring substituents is 1. The van der Waals surface area contributed by atoms with Crippen molar-refractivity contribution < 1.29 is 14.8 Å². The molecule has 0 heterocycles. The molecule has 22 heavy (non-hydrogen) atoms. The van der Waals surface area contributed by atoms with Crippen LogP contribution in [-0.4, -0.2) is 15.9 Å². The number of phenolic OH excluding ortho intramolecular Hbond substituents is 1. The SMILES string of the molecule is Cc1ccc(NC(=O)/C=C/c2cccc([N+](=O)[O-])c2)c(O)c1. The first-order valence-electron chi connectivity index (χ1n) is 6.49. The van der Waals surface area contributed by atoms with Crippen molar-refractivity contribution in [1.82, 2.24) is 0 Å². The van der Waals surface area contributed by atoms with E-state index in [2.05, 4.69) is 5.32 Å². The number of amides is 1. The maximum Gasteiger partial charge on any atom is 0.270 e. The fourth-order valence-corrected chi connectivity index (χ4v) is 1.84. The zero-order chi connectivity index (χ0) is 16.1. The van der Waals surface area contributed by atoms with Crippen LogP contribution in [0, 0.1) is 17.0 Å². The summed E-state index contributed by atoms with van der Waals surface area (Å²) >= 11 is 0. The summed E-state index contributed by atoms with van der Waals surface area (Å²) in [5, 5.41) is 22.9. The Morgan fingerprint density at radius 3 is 2.73 bits per heavy atom. The lowest BCUT2D eigenvalue weighted by Crippen LogP contribution is -2.07. The average molecular weight is 298 g/mol. The molecule has 2 aromatic carbocycles. The molecule has 112 valence electrons. The van der Waals surface area contributed by atoms with Gasteiger partial charge in [-0.25, -0.2) is 0 Å². The summed E-state index contributed by atoms with van der Waals surface area (Å²) in [5.41, 5.74) is 1.68. The predicted molar refractivity (Wildman–Crippen MR) is 83.6 cm³/mol. The molecule has 0 aromatic heterocycles. The van der Waals surface area contributed by atoms with Gasteiger partial charge in [0.25, 0.3) is 5.69 Å². The fraction of sp³-hybridized carbons (Fsp3) is 0.0625. The Labute approximate surface area is 126 Å². The first-order valence-corrected chi connectivity index (χ1v) is 6.49. The highest BCUT2D eigenvalue weighted by Crippen LogP contribution is 2.23. The molecule has 0 bridgehead atoms. The Kier molecular flexibility index (Phi) is 4.53. The van der Waals surface area contributed by atoms with Crippen LogP contribution in [0.4, 0.5) is 11.4 Å². The van der Waals surface area contributed by atoms with Gasteiger partial charge in [-0.1, -0.05) is 18.2 Å². The molecule has 1 amide bonds. The van der Waals surface area contributed by atoms with E-state index < -0.39 is 10.8 Å². The predicted octanol–water partition coefficient (Wildman–Crippen LogP) is 3.26. The van der Waals surface area contributed by atoms with Crippen LogP contribution < -0.4 is 5.32 Å². The normalized spacial score (nSPS) is 10.6. The maximum absolute atomic E-state index is 11.8. The van der Waals surface area contributed by atoms with Crippen LogP contribution in [0.2, 0.25) is 0 Å². The second kappa shape index (κ2) is 6.53. The molecule has 2 N–H and O–H groups in total. The van der Waals surface area contributed by atoms with Crippen LogP contribution in [0.5, 0.6) is 5.75 Å². The highest BCUT2D eigenvalue weighted by Gasteiger charge is 2.05. The Bertz CT molecular complexity index is 754. The third-order valence-corrected chi connectivity index (χ3v) is 2.92. The topological polar surface area (TPSA) is 92.5 Å². The number of anilines is 1. The van der Waals surface area contributed by atoms with Gasteiger partial charge in [-0.2, -0.15) is 0 Å². The van der Waals surface area contributed by atoms with Crippen molar-refractivity contribution >= 4 is 23.4 Å². The molecule has 2 rings (SSSR count). The van der Waals surface area contributed by atoms with Crippen LogP contribution in [0.1, 0.15) is 11.1 Å². The third kappa shape index (κ3) is 3.92. The molecule has 6 heteroatoms. The van der Waals surface area contributed by atoms with Gasteiger partial charge in [-0.15, -0.1) is 0 Å². The van der Waals surface area contributed by atoms with E-state index in [1.807, 2.05) is 6.92 Å². The number of rotatable bonds is 4. The Morgan fingerprint density at radius 1 is 1.27 bits per heavy atom. The Balaban J connectivity index is 2.08. The average Bonchev–Trinajstić information content (AvgIpc) is 2.48. The number of nitro groups is 1. The van der Waals surface area contributed by atoms with E-state index in [4.69, 9.17) is 0 Å². The minimum atomic E-state index is -0.498. The number of aromatic hydroxyl groups is 1. The second-order valence-electron chi connectivity index (χ2n) is 4.70. The number of aryl methyl sites for hydroxylation is 1. The quantitative estimate of drug-likeness (QED) is 0.392. The summed E-state index contributed by atoms with van der Waals surface area (Å²) in [4.78, 5) is 22.0. The first kappa shape index (κ1) is 15.2. The zero-order valence-electron chi connectivity index (χ0n) is 11.8. The molecule has 0 radical (unpaired) electrons. The summed E-state index contributed by atoms with van der Waals surface area (Å²) in [7, 11) is 0. The van der Waals surface area contributed by atoms with E-state index in [1.54, 1.807) is 30.3 Å². The lowest BCUT2D eigenvalue weighted by molar-refractivity contribution is -0.384. The molecule has 0 atom stereocenters. The third-order valence-electron chi connectivity index (χ3n) is 2.92. The minimum Gasteiger partial charge on any atom is -0.506 e. The van der Waals surface area contributed by atoms with Crippen LogP contribution in [-0.2, 0) is 4.79 Å². The van der Waals surface area contributed by atoms with Crippen LogP contribution in [0.15, 0.2) is 48.5 Å². The van der Waals surface area contributed by atoms with Crippen LogP contribution in [0.25, 0.3) is 6.08 Å². The van der Waals surface area contributed by atoms with E-state index in [9.17, 15) is 20.0 Å². The minimum absolute atomic E-state index is 0.0166. The number of phenols is 1. The van der Waals surface area contributed by atoms with Gasteiger partial charge in [0.15, 0.2) is 0 Å². The van der Waals surface area contributed by atoms with Gasteiger partial charge < -0.3 is 10.4 Å². The lowest BCUT2D eigenvalue weighted by Gasteiger charge is -2.05. The van der Waals surface area contributed by atoms with Crippen molar-refractivity contribution in [1.29, 1.82) is 0 Å². The van der Waals surface area contributed by atoms with Crippen molar-refractivity contribution in [2.24, 2.45) is 0 Å². The van der Waals surface area contributed by atoms with Gasteiger partial charge in [0.2, 0.25) is 5.91 Å². The monoisotopic (exact) mass is 298 g/mol. The standard InChI is InChI=1S/C16H14N2O4/c1-11-5-7-14(15(19)9-11)17-16(20)8-6-12-3-2-4-13(10-12)18(21)22/h2-10,19H,1H3,(H,17,20)/b8-6+. The molecule has 2 aromatic rings.